The number of anilines is 2. The van der Waals surface area contributed by atoms with E-state index in [4.69, 9.17) is 9.47 Å². The second-order valence-corrected chi connectivity index (χ2v) is 14.0. The van der Waals surface area contributed by atoms with Crippen LogP contribution in [0.2, 0.25) is 0 Å². The Kier molecular flexibility index (Phi) is 7.22. The number of nitrogens with zero attached hydrogens (tertiary/aromatic N) is 1. The van der Waals surface area contributed by atoms with E-state index in [1.54, 1.807) is 42.5 Å². The topological polar surface area (TPSA) is 84.9 Å². The van der Waals surface area contributed by atoms with Crippen molar-refractivity contribution in [2.45, 2.75) is 55.8 Å². The highest BCUT2D eigenvalue weighted by molar-refractivity contribution is 7.92. The number of rotatable bonds is 9. The van der Waals surface area contributed by atoms with Crippen LogP contribution in [0.15, 0.2) is 71.6 Å². The smallest absolute Gasteiger partial charge is 0.264 e. The van der Waals surface area contributed by atoms with Gasteiger partial charge in [-0.05, 0) is 111 Å². The summed E-state index contributed by atoms with van der Waals surface area (Å²) >= 11 is 0. The molecule has 7 nitrogen and oxygen atoms in total. The number of benzene rings is 3. The van der Waals surface area contributed by atoms with E-state index < -0.39 is 22.5 Å². The summed E-state index contributed by atoms with van der Waals surface area (Å²) in [5, 5.41) is 2.92. The Morgan fingerprint density at radius 3 is 2.05 bits per heavy atom. The molecule has 4 saturated carbocycles. The molecule has 4 bridgehead atoms. The fourth-order valence-electron chi connectivity index (χ4n) is 7.83. The minimum atomic E-state index is -4.11. The van der Waals surface area contributed by atoms with Crippen LogP contribution in [0.25, 0.3) is 0 Å². The van der Waals surface area contributed by atoms with Gasteiger partial charge in [0, 0.05) is 11.8 Å². The summed E-state index contributed by atoms with van der Waals surface area (Å²) in [4.78, 5) is 13.5. The largest absolute Gasteiger partial charge is 0.497 e. The quantitative estimate of drug-likeness (QED) is 0.324. The number of carbonyl (C=O) groups excluding carboxylic acids is 1. The second-order valence-electron chi connectivity index (χ2n) is 12.2. The van der Waals surface area contributed by atoms with Gasteiger partial charge in [0.15, 0.2) is 0 Å². The van der Waals surface area contributed by atoms with Crippen molar-refractivity contribution in [1.82, 2.24) is 0 Å². The maximum atomic E-state index is 13.9. The number of hydrogen-bond donors (Lipinski definition) is 1. The first-order chi connectivity index (χ1) is 19.7. The molecule has 4 aliphatic rings. The summed E-state index contributed by atoms with van der Waals surface area (Å²) in [5.74, 6) is 2.88. The highest BCUT2D eigenvalue weighted by Gasteiger charge is 2.51. The first-order valence-corrected chi connectivity index (χ1v) is 15.8. The molecule has 216 valence electrons. The van der Waals surface area contributed by atoms with E-state index in [0.29, 0.717) is 17.2 Å². The lowest BCUT2D eigenvalue weighted by molar-refractivity contribution is -0.114. The van der Waals surface area contributed by atoms with Crippen molar-refractivity contribution in [2.24, 2.45) is 17.8 Å². The summed E-state index contributed by atoms with van der Waals surface area (Å²) in [6.07, 6.45) is 8.02. The summed E-state index contributed by atoms with van der Waals surface area (Å²) in [6.45, 7) is 1.46. The summed E-state index contributed by atoms with van der Waals surface area (Å²) in [6, 6.07) is 19.7. The molecule has 41 heavy (non-hydrogen) atoms. The molecule has 0 saturated heterocycles. The van der Waals surface area contributed by atoms with Crippen molar-refractivity contribution >= 4 is 27.3 Å². The van der Waals surface area contributed by atoms with E-state index in [9.17, 15) is 13.2 Å². The van der Waals surface area contributed by atoms with Crippen LogP contribution in [0.1, 0.15) is 49.7 Å². The fraction of sp³-hybridized carbons (Fsp3) is 0.424. The van der Waals surface area contributed by atoms with E-state index in [1.165, 1.54) is 58.3 Å². The number of nitrogens with one attached hydrogen (secondary N) is 1. The van der Waals surface area contributed by atoms with Crippen LogP contribution >= 0.6 is 0 Å². The molecule has 0 aromatic heterocycles. The highest BCUT2D eigenvalue weighted by Crippen LogP contribution is 2.60. The molecule has 3 aromatic carbocycles. The molecule has 0 aliphatic heterocycles. The van der Waals surface area contributed by atoms with E-state index in [0.717, 1.165) is 27.6 Å². The highest BCUT2D eigenvalue weighted by atomic mass is 32.2. The Bertz CT molecular complexity index is 1500. The van der Waals surface area contributed by atoms with E-state index in [-0.39, 0.29) is 16.0 Å². The number of aryl methyl sites for hydroxylation is 1. The number of carbonyl (C=O) groups is 1. The molecule has 0 atom stereocenters. The third-order valence-electron chi connectivity index (χ3n) is 9.37. The van der Waals surface area contributed by atoms with Gasteiger partial charge < -0.3 is 14.8 Å². The zero-order chi connectivity index (χ0) is 28.8. The molecule has 0 spiro atoms. The SMILES string of the molecule is COc1ccc(OC)c(N(CC(=O)Nc2ccc(C34CC5CC(CC(C5)C3)C4)cc2)S(=O)(=O)c2ccc(C)cc2)c1. The first-order valence-electron chi connectivity index (χ1n) is 14.4. The third-order valence-corrected chi connectivity index (χ3v) is 11.1. The molecule has 8 heteroatoms. The van der Waals surface area contributed by atoms with E-state index >= 15 is 0 Å². The Hall–Kier alpha value is -3.52. The van der Waals surface area contributed by atoms with Crippen molar-refractivity contribution < 1.29 is 22.7 Å². The van der Waals surface area contributed by atoms with Gasteiger partial charge >= 0.3 is 0 Å². The van der Waals surface area contributed by atoms with Gasteiger partial charge in [0.05, 0.1) is 24.8 Å². The average molecular weight is 575 g/mol. The van der Waals surface area contributed by atoms with Crippen molar-refractivity contribution in [1.29, 1.82) is 0 Å². The van der Waals surface area contributed by atoms with Crippen molar-refractivity contribution in [3.05, 3.63) is 77.9 Å². The van der Waals surface area contributed by atoms with Gasteiger partial charge in [0.2, 0.25) is 5.91 Å². The summed E-state index contributed by atoms with van der Waals surface area (Å²) in [7, 11) is -1.14. The van der Waals surface area contributed by atoms with Crippen LogP contribution in [0, 0.1) is 24.7 Å². The van der Waals surface area contributed by atoms with E-state index in [1.807, 2.05) is 19.1 Å². The molecule has 0 unspecified atom stereocenters. The summed E-state index contributed by atoms with van der Waals surface area (Å²) < 4.78 is 39.7. The van der Waals surface area contributed by atoms with Crippen molar-refractivity contribution in [3.8, 4) is 11.5 Å². The zero-order valence-electron chi connectivity index (χ0n) is 23.9. The number of amides is 1. The van der Waals surface area contributed by atoms with Gasteiger partial charge in [-0.1, -0.05) is 29.8 Å². The number of sulfonamides is 1. The molecule has 0 heterocycles. The van der Waals surface area contributed by atoms with Crippen molar-refractivity contribution in [2.75, 3.05) is 30.4 Å². The van der Waals surface area contributed by atoms with Crippen LogP contribution < -0.4 is 19.1 Å². The molecule has 1 N–H and O–H groups in total. The summed E-state index contributed by atoms with van der Waals surface area (Å²) in [5.41, 5.74) is 3.45. The number of hydrogen-bond acceptors (Lipinski definition) is 5. The lowest BCUT2D eigenvalue weighted by Crippen LogP contribution is -2.48. The maximum Gasteiger partial charge on any atom is 0.264 e. The number of methoxy groups -OCH3 is 2. The van der Waals surface area contributed by atoms with Crippen LogP contribution in [-0.2, 0) is 20.2 Å². The van der Waals surface area contributed by atoms with Crippen LogP contribution in [0.4, 0.5) is 11.4 Å². The fourth-order valence-corrected chi connectivity index (χ4v) is 9.25. The minimum absolute atomic E-state index is 0.0840. The first kappa shape index (κ1) is 27.6. The Labute approximate surface area is 242 Å². The number of ether oxygens (including phenoxy) is 2. The van der Waals surface area contributed by atoms with Crippen LogP contribution in [0.5, 0.6) is 11.5 Å². The van der Waals surface area contributed by atoms with Crippen LogP contribution in [0.3, 0.4) is 0 Å². The molecule has 0 radical (unpaired) electrons. The Balaban J connectivity index is 1.25. The van der Waals surface area contributed by atoms with Gasteiger partial charge in [-0.3, -0.25) is 9.10 Å². The molecule has 3 aromatic rings. The zero-order valence-corrected chi connectivity index (χ0v) is 24.7. The predicted octanol–water partition coefficient (Wildman–Crippen LogP) is 6.31. The van der Waals surface area contributed by atoms with Crippen LogP contribution in [-0.4, -0.2) is 35.1 Å². The normalized spacial score (nSPS) is 24.6. The molecule has 7 rings (SSSR count). The molecular formula is C33H38N2O5S. The predicted molar refractivity (Wildman–Crippen MR) is 160 cm³/mol. The Morgan fingerprint density at radius 2 is 1.49 bits per heavy atom. The molecule has 1 amide bonds. The van der Waals surface area contributed by atoms with E-state index in [2.05, 4.69) is 17.4 Å². The van der Waals surface area contributed by atoms with Gasteiger partial charge in [-0.2, -0.15) is 0 Å². The Morgan fingerprint density at radius 1 is 0.878 bits per heavy atom. The molecule has 4 fully saturated rings. The van der Waals surface area contributed by atoms with Gasteiger partial charge in [0.25, 0.3) is 10.0 Å². The average Bonchev–Trinajstić information content (AvgIpc) is 2.95. The van der Waals surface area contributed by atoms with Gasteiger partial charge in [-0.25, -0.2) is 8.42 Å². The minimum Gasteiger partial charge on any atom is -0.497 e. The van der Waals surface area contributed by atoms with Gasteiger partial charge in [-0.15, -0.1) is 0 Å². The lowest BCUT2D eigenvalue weighted by atomic mass is 9.48. The van der Waals surface area contributed by atoms with Crippen molar-refractivity contribution in [3.63, 3.8) is 0 Å². The maximum absolute atomic E-state index is 13.9. The molecular weight excluding hydrogens is 536 g/mol. The standard InChI is InChI=1S/C33H38N2O5S/c1-22-4-11-29(12-5-22)41(37,38)35(30-17-28(39-2)10-13-31(30)40-3)21-32(36)34-27-8-6-26(7-9-27)33-18-23-14-24(19-33)16-25(15-23)20-33/h4-13,17,23-25H,14-16,18-21H2,1-3H3,(H,34,36). The third kappa shape index (κ3) is 5.30. The van der Waals surface area contributed by atoms with Gasteiger partial charge in [0.1, 0.15) is 18.0 Å². The second kappa shape index (κ2) is 10.7. The lowest BCUT2D eigenvalue weighted by Gasteiger charge is -2.57. The molecule has 4 aliphatic carbocycles. The monoisotopic (exact) mass is 574 g/mol.